The molecule has 0 unspecified atom stereocenters. The van der Waals surface area contributed by atoms with Crippen molar-refractivity contribution in [2.24, 2.45) is 0 Å². The van der Waals surface area contributed by atoms with Gasteiger partial charge in [0.15, 0.2) is 5.65 Å². The van der Waals surface area contributed by atoms with E-state index in [1.54, 1.807) is 6.33 Å². The summed E-state index contributed by atoms with van der Waals surface area (Å²) in [7, 11) is 2.11. The highest BCUT2D eigenvalue weighted by Crippen LogP contribution is 2.12. The molecule has 5 nitrogen and oxygen atoms in total. The zero-order valence-corrected chi connectivity index (χ0v) is 10.6. The molecule has 0 fully saturated rings. The summed E-state index contributed by atoms with van der Waals surface area (Å²) in [6.07, 6.45) is 1.58. The van der Waals surface area contributed by atoms with Gasteiger partial charge >= 0.3 is 0 Å². The van der Waals surface area contributed by atoms with Crippen LogP contribution in [0.25, 0.3) is 5.65 Å². The quantitative estimate of drug-likeness (QED) is 0.848. The maximum absolute atomic E-state index is 4.21. The lowest BCUT2D eigenvalue weighted by atomic mass is 10.3. The zero-order chi connectivity index (χ0) is 12.3. The Morgan fingerprint density at radius 2 is 2.24 bits per heavy atom. The van der Waals surface area contributed by atoms with Gasteiger partial charge in [-0.3, -0.25) is 0 Å². The fraction of sp³-hybridized carbons (Fsp3) is 0.500. The van der Waals surface area contributed by atoms with Gasteiger partial charge in [-0.1, -0.05) is 6.92 Å². The molecule has 0 spiro atoms. The summed E-state index contributed by atoms with van der Waals surface area (Å²) in [5.41, 5.74) is 2.08. The average molecular weight is 233 g/mol. The first kappa shape index (κ1) is 11.9. The maximum Gasteiger partial charge on any atom is 0.157 e. The number of aromatic nitrogens is 3. The summed E-state index contributed by atoms with van der Waals surface area (Å²) >= 11 is 0. The van der Waals surface area contributed by atoms with Crippen LogP contribution >= 0.6 is 0 Å². The molecule has 0 aromatic carbocycles. The van der Waals surface area contributed by atoms with Gasteiger partial charge in [-0.15, -0.1) is 0 Å². The van der Waals surface area contributed by atoms with E-state index in [0.717, 1.165) is 31.1 Å². The van der Waals surface area contributed by atoms with Crippen LogP contribution in [0.4, 0.5) is 5.82 Å². The van der Waals surface area contributed by atoms with Gasteiger partial charge in [0.25, 0.3) is 0 Å². The van der Waals surface area contributed by atoms with E-state index in [1.165, 1.54) is 5.56 Å². The van der Waals surface area contributed by atoms with E-state index in [0.29, 0.717) is 0 Å². The fourth-order valence-electron chi connectivity index (χ4n) is 1.72. The Bertz CT molecular complexity index is 491. The van der Waals surface area contributed by atoms with Gasteiger partial charge in [0, 0.05) is 13.1 Å². The monoisotopic (exact) mass is 233 g/mol. The lowest BCUT2D eigenvalue weighted by Gasteiger charge is -2.15. The van der Waals surface area contributed by atoms with Crippen LogP contribution in [0.15, 0.2) is 18.5 Å². The molecule has 0 radical (unpaired) electrons. The zero-order valence-electron chi connectivity index (χ0n) is 10.6. The topological polar surface area (TPSA) is 45.5 Å². The Kier molecular flexibility index (Phi) is 3.58. The summed E-state index contributed by atoms with van der Waals surface area (Å²) in [4.78, 5) is 6.47. The van der Waals surface area contributed by atoms with Crippen molar-refractivity contribution >= 4 is 11.5 Å². The summed E-state index contributed by atoms with van der Waals surface area (Å²) in [5.74, 6) is 1.00. The molecule has 2 aromatic rings. The molecule has 1 N–H and O–H groups in total. The second-order valence-corrected chi connectivity index (χ2v) is 4.27. The Hall–Kier alpha value is -1.62. The normalized spacial score (nSPS) is 11.3. The van der Waals surface area contributed by atoms with Crippen LogP contribution in [0.2, 0.25) is 0 Å². The number of aryl methyl sites for hydroxylation is 1. The van der Waals surface area contributed by atoms with E-state index in [9.17, 15) is 0 Å². The highest BCUT2D eigenvalue weighted by molar-refractivity contribution is 5.51. The number of rotatable bonds is 5. The molecule has 0 aliphatic rings. The molecule has 0 aliphatic heterocycles. The van der Waals surface area contributed by atoms with E-state index in [1.807, 2.05) is 10.6 Å². The van der Waals surface area contributed by atoms with Crippen molar-refractivity contribution < 1.29 is 0 Å². The largest absolute Gasteiger partial charge is 0.369 e. The van der Waals surface area contributed by atoms with Crippen LogP contribution < -0.4 is 5.32 Å². The minimum absolute atomic E-state index is 0.886. The van der Waals surface area contributed by atoms with Crippen LogP contribution in [0.3, 0.4) is 0 Å². The lowest BCUT2D eigenvalue weighted by molar-refractivity contribution is 0.367. The van der Waals surface area contributed by atoms with Crippen LogP contribution in [0.1, 0.15) is 12.5 Å². The van der Waals surface area contributed by atoms with Gasteiger partial charge in [0.2, 0.25) is 0 Å². The molecule has 0 atom stereocenters. The van der Waals surface area contributed by atoms with Gasteiger partial charge in [0.1, 0.15) is 12.1 Å². The lowest BCUT2D eigenvalue weighted by Crippen LogP contribution is -2.25. The number of nitrogens with one attached hydrogen (secondary N) is 1. The first-order valence-electron chi connectivity index (χ1n) is 5.93. The first-order chi connectivity index (χ1) is 8.20. The third-order valence-electron chi connectivity index (χ3n) is 2.86. The minimum atomic E-state index is 0.886. The smallest absolute Gasteiger partial charge is 0.157 e. The molecule has 5 heteroatoms. The molecular weight excluding hydrogens is 214 g/mol. The molecular formula is C12H19N5. The van der Waals surface area contributed by atoms with E-state index in [-0.39, 0.29) is 0 Å². The van der Waals surface area contributed by atoms with Crippen molar-refractivity contribution in [3.8, 4) is 0 Å². The third kappa shape index (κ3) is 2.74. The van der Waals surface area contributed by atoms with E-state index >= 15 is 0 Å². The Balaban J connectivity index is 2.09. The SMILES string of the molecule is CCN(C)CCNc1cc(C)cc2ncnn12. The van der Waals surface area contributed by atoms with Crippen LogP contribution in [-0.2, 0) is 0 Å². The second kappa shape index (κ2) is 5.14. The number of likely N-dealkylation sites (N-methyl/N-ethyl adjacent to an activating group) is 1. The van der Waals surface area contributed by atoms with Crippen molar-refractivity contribution in [3.63, 3.8) is 0 Å². The Labute approximate surface area is 101 Å². The maximum atomic E-state index is 4.21. The fourth-order valence-corrected chi connectivity index (χ4v) is 1.72. The minimum Gasteiger partial charge on any atom is -0.369 e. The summed E-state index contributed by atoms with van der Waals surface area (Å²) < 4.78 is 1.83. The summed E-state index contributed by atoms with van der Waals surface area (Å²) in [6, 6.07) is 4.12. The molecule has 2 heterocycles. The molecule has 0 bridgehead atoms. The highest BCUT2D eigenvalue weighted by Gasteiger charge is 2.03. The van der Waals surface area contributed by atoms with Crippen molar-refractivity contribution in [1.82, 2.24) is 19.5 Å². The van der Waals surface area contributed by atoms with Crippen molar-refractivity contribution in [2.75, 3.05) is 32.0 Å². The Morgan fingerprint density at radius 1 is 1.41 bits per heavy atom. The first-order valence-corrected chi connectivity index (χ1v) is 5.93. The molecule has 17 heavy (non-hydrogen) atoms. The molecule has 0 saturated heterocycles. The number of fused-ring (bicyclic) bond motifs is 1. The summed E-state index contributed by atoms with van der Waals surface area (Å²) in [5, 5.41) is 7.61. The van der Waals surface area contributed by atoms with E-state index in [2.05, 4.69) is 47.3 Å². The number of nitrogens with zero attached hydrogens (tertiary/aromatic N) is 4. The third-order valence-corrected chi connectivity index (χ3v) is 2.86. The number of hydrogen-bond acceptors (Lipinski definition) is 4. The molecule has 0 amide bonds. The van der Waals surface area contributed by atoms with E-state index < -0.39 is 0 Å². The Morgan fingerprint density at radius 3 is 3.00 bits per heavy atom. The summed E-state index contributed by atoms with van der Waals surface area (Å²) in [6.45, 7) is 7.21. The van der Waals surface area contributed by atoms with Gasteiger partial charge in [-0.2, -0.15) is 9.61 Å². The molecule has 0 aliphatic carbocycles. The van der Waals surface area contributed by atoms with Crippen LogP contribution in [0.5, 0.6) is 0 Å². The predicted octanol–water partition coefficient (Wildman–Crippen LogP) is 1.40. The molecule has 2 aromatic heterocycles. The van der Waals surface area contributed by atoms with Gasteiger partial charge < -0.3 is 10.2 Å². The van der Waals surface area contributed by atoms with Crippen molar-refractivity contribution in [2.45, 2.75) is 13.8 Å². The second-order valence-electron chi connectivity index (χ2n) is 4.27. The molecule has 92 valence electrons. The van der Waals surface area contributed by atoms with Gasteiger partial charge in [-0.25, -0.2) is 4.98 Å². The average Bonchev–Trinajstić information content (AvgIpc) is 2.76. The van der Waals surface area contributed by atoms with Crippen LogP contribution in [-0.4, -0.2) is 46.2 Å². The van der Waals surface area contributed by atoms with E-state index in [4.69, 9.17) is 0 Å². The van der Waals surface area contributed by atoms with Gasteiger partial charge in [0.05, 0.1) is 0 Å². The predicted molar refractivity (Wildman–Crippen MR) is 69.4 cm³/mol. The standard InChI is InChI=1S/C12H19N5/c1-4-16(3)6-5-13-11-7-10(2)8-12-14-9-15-17(11)12/h7-9,13H,4-6H2,1-3H3. The number of anilines is 1. The van der Waals surface area contributed by atoms with Crippen molar-refractivity contribution in [3.05, 3.63) is 24.0 Å². The highest BCUT2D eigenvalue weighted by atomic mass is 15.3. The van der Waals surface area contributed by atoms with Crippen molar-refractivity contribution in [1.29, 1.82) is 0 Å². The number of pyridine rings is 1. The number of hydrogen-bond donors (Lipinski definition) is 1. The van der Waals surface area contributed by atoms with Crippen LogP contribution in [0, 0.1) is 6.92 Å². The van der Waals surface area contributed by atoms with Gasteiger partial charge in [-0.05, 0) is 38.2 Å². The molecule has 2 rings (SSSR count). The molecule has 0 saturated carbocycles.